The fraction of sp³-hybridized carbons (Fsp3) is 0.556. The third-order valence-corrected chi connectivity index (χ3v) is 1.64. The van der Waals surface area contributed by atoms with Crippen molar-refractivity contribution in [3.8, 4) is 0 Å². The lowest BCUT2D eigenvalue weighted by molar-refractivity contribution is 0.188. The van der Waals surface area contributed by atoms with Crippen molar-refractivity contribution in [2.75, 3.05) is 11.9 Å². The number of nitrogens with zero attached hydrogens (tertiary/aromatic N) is 2. The molecule has 0 saturated carbocycles. The summed E-state index contributed by atoms with van der Waals surface area (Å²) in [5.74, 6) is 1.56. The number of aliphatic hydroxyl groups is 1. The summed E-state index contributed by atoms with van der Waals surface area (Å²) in [6, 6.07) is 1.81. The molecule has 0 aliphatic rings. The molecule has 72 valence electrons. The summed E-state index contributed by atoms with van der Waals surface area (Å²) in [4.78, 5) is 8.15. The van der Waals surface area contributed by atoms with E-state index >= 15 is 0 Å². The first kappa shape index (κ1) is 9.92. The van der Waals surface area contributed by atoms with Gasteiger partial charge in [0.05, 0.1) is 6.10 Å². The van der Waals surface area contributed by atoms with Crippen LogP contribution in [0.1, 0.15) is 19.2 Å². The molecule has 1 aromatic heterocycles. The van der Waals surface area contributed by atoms with E-state index in [4.69, 9.17) is 5.11 Å². The molecule has 0 aromatic carbocycles. The third kappa shape index (κ3) is 3.85. The Balaban J connectivity index is 2.37. The molecule has 0 aliphatic heterocycles. The van der Waals surface area contributed by atoms with Crippen LogP contribution in [-0.4, -0.2) is 27.7 Å². The molecule has 1 atom stereocenters. The molecule has 1 aromatic rings. The first-order valence-electron chi connectivity index (χ1n) is 4.40. The Morgan fingerprint density at radius 2 is 2.38 bits per heavy atom. The van der Waals surface area contributed by atoms with E-state index in [1.165, 1.54) is 0 Å². The van der Waals surface area contributed by atoms with Crippen LogP contribution in [0.15, 0.2) is 12.3 Å². The second kappa shape index (κ2) is 4.77. The highest BCUT2D eigenvalue weighted by Crippen LogP contribution is 2.01. The Labute approximate surface area is 78.0 Å². The second-order valence-electron chi connectivity index (χ2n) is 3.05. The molecule has 2 N–H and O–H groups in total. The standard InChI is InChI=1S/C9H15N3O/c1-7(13)3-5-11-9-4-6-10-8(2)12-9/h4,6-7,13H,3,5H2,1-2H3,(H,10,11,12). The number of hydrogen-bond donors (Lipinski definition) is 2. The van der Waals surface area contributed by atoms with Crippen LogP contribution in [0.2, 0.25) is 0 Å². The minimum atomic E-state index is -0.268. The van der Waals surface area contributed by atoms with Crippen LogP contribution in [0, 0.1) is 6.92 Å². The Morgan fingerprint density at radius 1 is 1.62 bits per heavy atom. The van der Waals surface area contributed by atoms with Crippen LogP contribution < -0.4 is 5.32 Å². The molecular weight excluding hydrogens is 166 g/mol. The Kier molecular flexibility index (Phi) is 3.64. The minimum absolute atomic E-state index is 0.268. The zero-order chi connectivity index (χ0) is 9.68. The van der Waals surface area contributed by atoms with Crippen LogP contribution >= 0.6 is 0 Å². The molecule has 0 bridgehead atoms. The van der Waals surface area contributed by atoms with Gasteiger partial charge in [-0.15, -0.1) is 0 Å². The van der Waals surface area contributed by atoms with E-state index in [9.17, 15) is 0 Å². The van der Waals surface area contributed by atoms with Gasteiger partial charge in [0.1, 0.15) is 11.6 Å². The van der Waals surface area contributed by atoms with E-state index in [0.29, 0.717) is 0 Å². The summed E-state index contributed by atoms with van der Waals surface area (Å²) in [6.45, 7) is 4.35. The number of nitrogens with one attached hydrogen (secondary N) is 1. The van der Waals surface area contributed by atoms with Crippen molar-refractivity contribution in [2.45, 2.75) is 26.4 Å². The largest absolute Gasteiger partial charge is 0.393 e. The van der Waals surface area contributed by atoms with Crippen LogP contribution in [0.5, 0.6) is 0 Å². The molecule has 0 aliphatic carbocycles. The van der Waals surface area contributed by atoms with Crippen molar-refractivity contribution in [1.82, 2.24) is 9.97 Å². The van der Waals surface area contributed by atoms with Crippen LogP contribution in [0.25, 0.3) is 0 Å². The molecule has 0 amide bonds. The molecule has 4 nitrogen and oxygen atoms in total. The summed E-state index contributed by atoms with van der Waals surface area (Å²) < 4.78 is 0. The van der Waals surface area contributed by atoms with Crippen molar-refractivity contribution in [2.24, 2.45) is 0 Å². The van der Waals surface area contributed by atoms with Gasteiger partial charge in [-0.3, -0.25) is 0 Å². The lowest BCUT2D eigenvalue weighted by Crippen LogP contribution is -2.10. The number of anilines is 1. The highest BCUT2D eigenvalue weighted by atomic mass is 16.3. The van der Waals surface area contributed by atoms with Gasteiger partial charge in [-0.1, -0.05) is 0 Å². The Morgan fingerprint density at radius 3 is 3.00 bits per heavy atom. The molecular formula is C9H15N3O. The number of hydrogen-bond acceptors (Lipinski definition) is 4. The van der Waals surface area contributed by atoms with Gasteiger partial charge >= 0.3 is 0 Å². The number of rotatable bonds is 4. The van der Waals surface area contributed by atoms with Crippen molar-refractivity contribution in [1.29, 1.82) is 0 Å². The summed E-state index contributed by atoms with van der Waals surface area (Å²) in [6.07, 6.45) is 2.17. The van der Waals surface area contributed by atoms with Gasteiger partial charge in [-0.2, -0.15) is 0 Å². The van der Waals surface area contributed by atoms with E-state index in [0.717, 1.165) is 24.6 Å². The van der Waals surface area contributed by atoms with Gasteiger partial charge in [0.25, 0.3) is 0 Å². The zero-order valence-corrected chi connectivity index (χ0v) is 7.99. The fourth-order valence-corrected chi connectivity index (χ4v) is 0.964. The van der Waals surface area contributed by atoms with Gasteiger partial charge in [-0.05, 0) is 26.3 Å². The number of aryl methyl sites for hydroxylation is 1. The van der Waals surface area contributed by atoms with Crippen LogP contribution in [0.4, 0.5) is 5.82 Å². The maximum atomic E-state index is 9.01. The molecule has 1 rings (SSSR count). The minimum Gasteiger partial charge on any atom is -0.393 e. The quantitative estimate of drug-likeness (QED) is 0.726. The molecule has 0 radical (unpaired) electrons. The maximum absolute atomic E-state index is 9.01. The first-order chi connectivity index (χ1) is 6.18. The summed E-state index contributed by atoms with van der Waals surface area (Å²) in [5.41, 5.74) is 0. The summed E-state index contributed by atoms with van der Waals surface area (Å²) in [7, 11) is 0. The zero-order valence-electron chi connectivity index (χ0n) is 7.99. The SMILES string of the molecule is Cc1nccc(NCCC(C)O)n1. The van der Waals surface area contributed by atoms with E-state index in [-0.39, 0.29) is 6.10 Å². The molecule has 4 heteroatoms. The molecule has 1 unspecified atom stereocenters. The average Bonchev–Trinajstić information content (AvgIpc) is 2.03. The molecule has 13 heavy (non-hydrogen) atoms. The maximum Gasteiger partial charge on any atom is 0.129 e. The van der Waals surface area contributed by atoms with Crippen LogP contribution in [0.3, 0.4) is 0 Å². The van der Waals surface area contributed by atoms with Gasteiger partial charge in [0.15, 0.2) is 0 Å². The van der Waals surface area contributed by atoms with E-state index in [1.54, 1.807) is 13.1 Å². The van der Waals surface area contributed by atoms with Gasteiger partial charge in [0, 0.05) is 12.7 Å². The van der Waals surface area contributed by atoms with Gasteiger partial charge in [-0.25, -0.2) is 9.97 Å². The number of aliphatic hydroxyl groups excluding tert-OH is 1. The van der Waals surface area contributed by atoms with Crippen molar-refractivity contribution in [3.05, 3.63) is 18.1 Å². The molecule has 1 heterocycles. The third-order valence-electron chi connectivity index (χ3n) is 1.64. The first-order valence-corrected chi connectivity index (χ1v) is 4.40. The predicted octanol–water partition coefficient (Wildman–Crippen LogP) is 0.968. The monoisotopic (exact) mass is 181 g/mol. The predicted molar refractivity (Wildman–Crippen MR) is 51.6 cm³/mol. The van der Waals surface area contributed by atoms with E-state index < -0.39 is 0 Å². The molecule has 0 saturated heterocycles. The van der Waals surface area contributed by atoms with Gasteiger partial charge < -0.3 is 10.4 Å². The average molecular weight is 181 g/mol. The number of aromatic nitrogens is 2. The lowest BCUT2D eigenvalue weighted by atomic mass is 10.3. The molecule has 0 spiro atoms. The van der Waals surface area contributed by atoms with Crippen molar-refractivity contribution < 1.29 is 5.11 Å². The summed E-state index contributed by atoms with van der Waals surface area (Å²) in [5, 5.41) is 12.1. The molecule has 0 fully saturated rings. The highest BCUT2D eigenvalue weighted by Gasteiger charge is 1.96. The van der Waals surface area contributed by atoms with E-state index in [1.807, 2.05) is 13.0 Å². The van der Waals surface area contributed by atoms with Gasteiger partial charge in [0.2, 0.25) is 0 Å². The Hall–Kier alpha value is -1.16. The van der Waals surface area contributed by atoms with Crippen molar-refractivity contribution in [3.63, 3.8) is 0 Å². The normalized spacial score (nSPS) is 12.5. The second-order valence-corrected chi connectivity index (χ2v) is 3.05. The topological polar surface area (TPSA) is 58.0 Å². The fourth-order valence-electron chi connectivity index (χ4n) is 0.964. The summed E-state index contributed by atoms with van der Waals surface area (Å²) >= 11 is 0. The van der Waals surface area contributed by atoms with Crippen molar-refractivity contribution >= 4 is 5.82 Å². The van der Waals surface area contributed by atoms with Crippen LogP contribution in [-0.2, 0) is 0 Å². The lowest BCUT2D eigenvalue weighted by Gasteiger charge is -2.06. The van der Waals surface area contributed by atoms with E-state index in [2.05, 4.69) is 15.3 Å². The Bertz CT molecular complexity index is 263. The highest BCUT2D eigenvalue weighted by molar-refractivity contribution is 5.32. The smallest absolute Gasteiger partial charge is 0.129 e.